The average molecular weight is 282 g/mol. The highest BCUT2D eigenvalue weighted by Crippen LogP contribution is 2.31. The quantitative estimate of drug-likeness (QED) is 0.779. The molecular formula is C16H30N2O2. The fourth-order valence-corrected chi connectivity index (χ4v) is 3.47. The summed E-state index contributed by atoms with van der Waals surface area (Å²) >= 11 is 0. The van der Waals surface area contributed by atoms with Crippen molar-refractivity contribution in [1.82, 2.24) is 9.80 Å². The number of hydrogen-bond acceptors (Lipinski definition) is 2. The van der Waals surface area contributed by atoms with Gasteiger partial charge in [0, 0.05) is 32.8 Å². The second kappa shape index (κ2) is 6.33. The number of urea groups is 1. The van der Waals surface area contributed by atoms with Crippen molar-refractivity contribution >= 4 is 6.03 Å². The maximum absolute atomic E-state index is 12.7. The van der Waals surface area contributed by atoms with E-state index in [0.717, 1.165) is 51.7 Å². The van der Waals surface area contributed by atoms with E-state index in [2.05, 4.69) is 25.7 Å². The Morgan fingerprint density at radius 3 is 2.35 bits per heavy atom. The van der Waals surface area contributed by atoms with E-state index in [-0.39, 0.29) is 11.4 Å². The second-order valence-corrected chi connectivity index (χ2v) is 7.46. The third kappa shape index (κ3) is 3.87. The van der Waals surface area contributed by atoms with Crippen LogP contribution >= 0.6 is 0 Å². The van der Waals surface area contributed by atoms with Crippen LogP contribution in [0, 0.1) is 5.41 Å². The number of likely N-dealkylation sites (tertiary alicyclic amines) is 2. The summed E-state index contributed by atoms with van der Waals surface area (Å²) in [4.78, 5) is 16.9. The second-order valence-electron chi connectivity index (χ2n) is 7.46. The summed E-state index contributed by atoms with van der Waals surface area (Å²) in [6.07, 6.45) is 5.70. The molecule has 2 fully saturated rings. The summed E-state index contributed by atoms with van der Waals surface area (Å²) in [6, 6.07) is 0.689. The van der Waals surface area contributed by atoms with Crippen LogP contribution in [0.2, 0.25) is 0 Å². The number of carbonyl (C=O) groups is 1. The molecule has 0 spiro atoms. The summed E-state index contributed by atoms with van der Waals surface area (Å²) in [5.41, 5.74) is 0.288. The first-order chi connectivity index (χ1) is 9.40. The molecule has 2 saturated heterocycles. The monoisotopic (exact) mass is 282 g/mol. The lowest BCUT2D eigenvalue weighted by atomic mass is 9.87. The molecule has 0 saturated carbocycles. The topological polar surface area (TPSA) is 32.8 Å². The molecule has 1 atom stereocenters. The van der Waals surface area contributed by atoms with Crippen molar-refractivity contribution in [3.63, 3.8) is 0 Å². The number of rotatable bonds is 2. The van der Waals surface area contributed by atoms with Gasteiger partial charge in [0.2, 0.25) is 0 Å². The maximum atomic E-state index is 12.7. The highest BCUT2D eigenvalue weighted by atomic mass is 16.5. The Labute approximate surface area is 123 Å². The molecule has 1 unspecified atom stereocenters. The number of carbonyl (C=O) groups excluding carboxylic acids is 1. The molecule has 0 aromatic carbocycles. The van der Waals surface area contributed by atoms with Crippen molar-refractivity contribution in [2.45, 2.75) is 65.0 Å². The molecule has 0 radical (unpaired) electrons. The van der Waals surface area contributed by atoms with Gasteiger partial charge in [-0.2, -0.15) is 0 Å². The van der Waals surface area contributed by atoms with Gasteiger partial charge in [-0.25, -0.2) is 4.79 Å². The Morgan fingerprint density at radius 1 is 1.15 bits per heavy atom. The lowest BCUT2D eigenvalue weighted by Gasteiger charge is -2.37. The molecule has 0 aromatic heterocycles. The zero-order chi connectivity index (χ0) is 14.8. The molecule has 2 amide bonds. The van der Waals surface area contributed by atoms with E-state index in [1.807, 2.05) is 4.90 Å². The van der Waals surface area contributed by atoms with E-state index in [1.54, 1.807) is 7.11 Å². The smallest absolute Gasteiger partial charge is 0.320 e. The molecule has 20 heavy (non-hydrogen) atoms. The molecule has 2 rings (SSSR count). The predicted octanol–water partition coefficient (Wildman–Crippen LogP) is 3.12. The Kier molecular flexibility index (Phi) is 4.95. The van der Waals surface area contributed by atoms with Gasteiger partial charge in [-0.15, -0.1) is 0 Å². The zero-order valence-electron chi connectivity index (χ0n) is 13.5. The molecular weight excluding hydrogens is 252 g/mol. The Morgan fingerprint density at radius 2 is 1.80 bits per heavy atom. The Hall–Kier alpha value is -0.770. The molecule has 2 aliphatic rings. The van der Waals surface area contributed by atoms with Crippen molar-refractivity contribution < 1.29 is 9.53 Å². The first-order valence-electron chi connectivity index (χ1n) is 7.99. The molecule has 0 aliphatic carbocycles. The van der Waals surface area contributed by atoms with Crippen LogP contribution in [-0.2, 0) is 4.74 Å². The van der Waals surface area contributed by atoms with Crippen molar-refractivity contribution in [3.8, 4) is 0 Å². The van der Waals surface area contributed by atoms with Gasteiger partial charge in [0.1, 0.15) is 0 Å². The molecule has 116 valence electrons. The number of methoxy groups -OCH3 is 1. The van der Waals surface area contributed by atoms with E-state index < -0.39 is 0 Å². The third-order valence-electron chi connectivity index (χ3n) is 4.52. The minimum Gasteiger partial charge on any atom is -0.381 e. The molecule has 4 heteroatoms. The van der Waals surface area contributed by atoms with Crippen LogP contribution in [0.1, 0.15) is 52.9 Å². The van der Waals surface area contributed by atoms with Crippen LogP contribution < -0.4 is 0 Å². The summed E-state index contributed by atoms with van der Waals surface area (Å²) in [5.74, 6) is 0. The van der Waals surface area contributed by atoms with Crippen LogP contribution in [0.25, 0.3) is 0 Å². The largest absolute Gasteiger partial charge is 0.381 e. The van der Waals surface area contributed by atoms with Gasteiger partial charge >= 0.3 is 6.03 Å². The van der Waals surface area contributed by atoms with Gasteiger partial charge in [0.15, 0.2) is 0 Å². The fourth-order valence-electron chi connectivity index (χ4n) is 3.47. The van der Waals surface area contributed by atoms with E-state index in [4.69, 9.17) is 4.74 Å². The van der Waals surface area contributed by atoms with Gasteiger partial charge < -0.3 is 14.5 Å². The minimum atomic E-state index is 0.256. The van der Waals surface area contributed by atoms with Crippen molar-refractivity contribution in [2.24, 2.45) is 5.41 Å². The Balaban J connectivity index is 1.91. The number of amides is 2. The maximum Gasteiger partial charge on any atom is 0.320 e. The molecule has 0 aromatic rings. The molecule has 0 bridgehead atoms. The fraction of sp³-hybridized carbons (Fsp3) is 0.938. The lowest BCUT2D eigenvalue weighted by Crippen LogP contribution is -2.49. The first kappa shape index (κ1) is 15.6. The van der Waals surface area contributed by atoms with E-state index in [0.29, 0.717) is 12.1 Å². The van der Waals surface area contributed by atoms with E-state index in [9.17, 15) is 4.79 Å². The van der Waals surface area contributed by atoms with Gasteiger partial charge in [-0.1, -0.05) is 20.8 Å². The molecule has 4 nitrogen and oxygen atoms in total. The summed E-state index contributed by atoms with van der Waals surface area (Å²) in [6.45, 7) is 9.41. The van der Waals surface area contributed by atoms with Crippen molar-refractivity contribution in [3.05, 3.63) is 0 Å². The number of ether oxygens (including phenoxy) is 1. The number of piperidine rings is 1. The SMILES string of the molecule is COC1CCN(C(=O)N2CCCC2CC(C)(C)C)CC1. The zero-order valence-corrected chi connectivity index (χ0v) is 13.5. The van der Waals surface area contributed by atoms with Gasteiger partial charge in [-0.3, -0.25) is 0 Å². The first-order valence-corrected chi connectivity index (χ1v) is 7.99. The number of nitrogens with zero attached hydrogens (tertiary/aromatic N) is 2. The summed E-state index contributed by atoms with van der Waals surface area (Å²) < 4.78 is 5.38. The van der Waals surface area contributed by atoms with Gasteiger partial charge in [-0.05, 0) is 37.5 Å². The van der Waals surface area contributed by atoms with Crippen LogP contribution in [0.15, 0.2) is 0 Å². The molecule has 2 aliphatic heterocycles. The molecule has 2 heterocycles. The standard InChI is InChI=1S/C16H30N2O2/c1-16(2,3)12-13-6-5-9-18(13)15(19)17-10-7-14(20-4)8-11-17/h13-14H,5-12H2,1-4H3. The minimum absolute atomic E-state index is 0.256. The summed E-state index contributed by atoms with van der Waals surface area (Å²) in [7, 11) is 1.77. The third-order valence-corrected chi connectivity index (χ3v) is 4.52. The van der Waals surface area contributed by atoms with Crippen molar-refractivity contribution in [2.75, 3.05) is 26.7 Å². The normalized spacial score (nSPS) is 25.3. The number of hydrogen-bond donors (Lipinski definition) is 0. The van der Waals surface area contributed by atoms with Crippen molar-refractivity contribution in [1.29, 1.82) is 0 Å². The highest BCUT2D eigenvalue weighted by Gasteiger charge is 2.35. The van der Waals surface area contributed by atoms with Crippen LogP contribution in [0.3, 0.4) is 0 Å². The van der Waals surface area contributed by atoms with Gasteiger partial charge in [0.25, 0.3) is 0 Å². The van der Waals surface area contributed by atoms with Crippen LogP contribution in [0.4, 0.5) is 4.79 Å². The molecule has 0 N–H and O–H groups in total. The highest BCUT2D eigenvalue weighted by molar-refractivity contribution is 5.75. The van der Waals surface area contributed by atoms with Crippen LogP contribution in [-0.4, -0.2) is 54.7 Å². The van der Waals surface area contributed by atoms with Gasteiger partial charge in [0.05, 0.1) is 6.10 Å². The van der Waals surface area contributed by atoms with Crippen LogP contribution in [0.5, 0.6) is 0 Å². The Bertz CT molecular complexity index is 330. The lowest BCUT2D eigenvalue weighted by molar-refractivity contribution is 0.0429. The van der Waals surface area contributed by atoms with E-state index >= 15 is 0 Å². The average Bonchev–Trinajstić information content (AvgIpc) is 2.84. The summed E-state index contributed by atoms with van der Waals surface area (Å²) in [5, 5.41) is 0. The van der Waals surface area contributed by atoms with E-state index in [1.165, 1.54) is 0 Å². The predicted molar refractivity (Wildman–Crippen MR) is 80.8 cm³/mol.